The molecule has 2 amide bonds. The van der Waals surface area contributed by atoms with Crippen molar-refractivity contribution in [2.75, 3.05) is 16.8 Å². The summed E-state index contributed by atoms with van der Waals surface area (Å²) in [6, 6.07) is -0.201. The minimum atomic E-state index is -0.201. The van der Waals surface area contributed by atoms with Crippen LogP contribution in [0.3, 0.4) is 0 Å². The standard InChI is InChI=1S/C9H10N4OS2/c1-2-13(9-11-4-6-16-9)8(14)12-7-10-3-5-15-7/h3-6H,2H2,1H3,(H,10,12,14). The molecular weight excluding hydrogens is 244 g/mol. The Hall–Kier alpha value is -1.47. The lowest BCUT2D eigenvalue weighted by Gasteiger charge is -2.16. The third-order valence-corrected chi connectivity index (χ3v) is 3.34. The number of urea groups is 1. The van der Waals surface area contributed by atoms with Crippen molar-refractivity contribution in [3.05, 3.63) is 23.2 Å². The zero-order chi connectivity index (χ0) is 11.4. The van der Waals surface area contributed by atoms with Gasteiger partial charge in [-0.3, -0.25) is 10.2 Å². The van der Waals surface area contributed by atoms with Crippen molar-refractivity contribution in [2.24, 2.45) is 0 Å². The molecule has 0 aliphatic rings. The van der Waals surface area contributed by atoms with Crippen LogP contribution in [0.25, 0.3) is 0 Å². The van der Waals surface area contributed by atoms with Crippen LogP contribution in [0.15, 0.2) is 23.2 Å². The van der Waals surface area contributed by atoms with Crippen LogP contribution in [0.5, 0.6) is 0 Å². The van der Waals surface area contributed by atoms with Crippen LogP contribution >= 0.6 is 22.7 Å². The fraction of sp³-hybridized carbons (Fsp3) is 0.222. The maximum atomic E-state index is 11.9. The van der Waals surface area contributed by atoms with Crippen molar-refractivity contribution in [1.29, 1.82) is 0 Å². The topological polar surface area (TPSA) is 58.1 Å². The minimum absolute atomic E-state index is 0.201. The molecule has 0 atom stereocenters. The summed E-state index contributed by atoms with van der Waals surface area (Å²) in [6.07, 6.45) is 3.33. The number of anilines is 2. The van der Waals surface area contributed by atoms with Crippen molar-refractivity contribution >= 4 is 39.0 Å². The first-order valence-electron chi connectivity index (χ1n) is 4.68. The molecule has 2 heterocycles. The molecule has 0 saturated carbocycles. The van der Waals surface area contributed by atoms with Gasteiger partial charge in [-0.15, -0.1) is 22.7 Å². The van der Waals surface area contributed by atoms with Crippen LogP contribution in [0, 0.1) is 0 Å². The molecule has 84 valence electrons. The molecule has 2 rings (SSSR count). The van der Waals surface area contributed by atoms with E-state index in [4.69, 9.17) is 0 Å². The Morgan fingerprint density at radius 3 is 2.69 bits per heavy atom. The maximum absolute atomic E-state index is 11.9. The van der Waals surface area contributed by atoms with Gasteiger partial charge in [-0.1, -0.05) is 0 Å². The number of rotatable bonds is 3. The van der Waals surface area contributed by atoms with Gasteiger partial charge in [-0.25, -0.2) is 14.8 Å². The molecule has 0 spiro atoms. The number of aromatic nitrogens is 2. The summed E-state index contributed by atoms with van der Waals surface area (Å²) in [4.78, 5) is 21.6. The number of hydrogen-bond donors (Lipinski definition) is 1. The lowest BCUT2D eigenvalue weighted by molar-refractivity contribution is 0.257. The van der Waals surface area contributed by atoms with Gasteiger partial charge >= 0.3 is 6.03 Å². The summed E-state index contributed by atoms with van der Waals surface area (Å²) < 4.78 is 0. The van der Waals surface area contributed by atoms with Gasteiger partial charge in [-0.2, -0.15) is 0 Å². The Kier molecular flexibility index (Phi) is 3.47. The van der Waals surface area contributed by atoms with E-state index in [1.807, 2.05) is 17.7 Å². The first kappa shape index (κ1) is 11.0. The van der Waals surface area contributed by atoms with Crippen LogP contribution in [-0.2, 0) is 0 Å². The second-order valence-corrected chi connectivity index (χ2v) is 4.59. The Labute approximate surface area is 101 Å². The summed E-state index contributed by atoms with van der Waals surface area (Å²) >= 11 is 2.82. The number of carbonyl (C=O) groups is 1. The number of hydrogen-bond acceptors (Lipinski definition) is 5. The summed E-state index contributed by atoms with van der Waals surface area (Å²) in [5.41, 5.74) is 0. The lowest BCUT2D eigenvalue weighted by atomic mass is 10.6. The van der Waals surface area contributed by atoms with Crippen molar-refractivity contribution in [2.45, 2.75) is 6.92 Å². The lowest BCUT2D eigenvalue weighted by Crippen LogP contribution is -2.34. The first-order chi connectivity index (χ1) is 7.81. The summed E-state index contributed by atoms with van der Waals surface area (Å²) in [7, 11) is 0. The predicted molar refractivity (Wildman–Crippen MR) is 66.3 cm³/mol. The van der Waals surface area contributed by atoms with Gasteiger partial charge in [0.1, 0.15) is 0 Å². The van der Waals surface area contributed by atoms with E-state index >= 15 is 0 Å². The fourth-order valence-electron chi connectivity index (χ4n) is 1.16. The molecule has 2 aromatic rings. The number of thiazole rings is 2. The first-order valence-corrected chi connectivity index (χ1v) is 6.44. The molecule has 0 saturated heterocycles. The van der Waals surface area contributed by atoms with Crippen molar-refractivity contribution in [3.63, 3.8) is 0 Å². The number of amides is 2. The smallest absolute Gasteiger partial charge is 0.283 e. The Balaban J connectivity index is 2.08. The molecule has 0 radical (unpaired) electrons. The van der Waals surface area contributed by atoms with E-state index in [-0.39, 0.29) is 6.03 Å². The average molecular weight is 254 g/mol. The van der Waals surface area contributed by atoms with Gasteiger partial charge in [0, 0.05) is 29.7 Å². The van der Waals surface area contributed by atoms with Crippen LogP contribution in [-0.4, -0.2) is 22.5 Å². The molecule has 0 bridgehead atoms. The van der Waals surface area contributed by atoms with Crippen molar-refractivity contribution in [1.82, 2.24) is 9.97 Å². The highest BCUT2D eigenvalue weighted by atomic mass is 32.1. The highest BCUT2D eigenvalue weighted by molar-refractivity contribution is 7.14. The van der Waals surface area contributed by atoms with Gasteiger partial charge in [0.25, 0.3) is 0 Å². The van der Waals surface area contributed by atoms with Gasteiger partial charge in [0.15, 0.2) is 10.3 Å². The van der Waals surface area contributed by atoms with Gasteiger partial charge in [0.2, 0.25) is 0 Å². The second-order valence-electron chi connectivity index (χ2n) is 2.83. The van der Waals surface area contributed by atoms with E-state index in [0.717, 1.165) is 0 Å². The van der Waals surface area contributed by atoms with Crippen LogP contribution < -0.4 is 10.2 Å². The molecule has 0 unspecified atom stereocenters. The summed E-state index contributed by atoms with van der Waals surface area (Å²) in [6.45, 7) is 2.48. The quantitative estimate of drug-likeness (QED) is 0.916. The van der Waals surface area contributed by atoms with Crippen LogP contribution in [0.1, 0.15) is 6.92 Å². The van der Waals surface area contributed by atoms with Crippen molar-refractivity contribution in [3.8, 4) is 0 Å². The second kappa shape index (κ2) is 5.04. The molecule has 0 fully saturated rings. The molecule has 7 heteroatoms. The fourth-order valence-corrected chi connectivity index (χ4v) is 2.38. The Morgan fingerprint density at radius 1 is 1.38 bits per heavy atom. The maximum Gasteiger partial charge on any atom is 0.329 e. The summed E-state index contributed by atoms with van der Waals surface area (Å²) in [5.74, 6) is 0. The minimum Gasteiger partial charge on any atom is -0.283 e. The Bertz CT molecular complexity index is 440. The van der Waals surface area contributed by atoms with Crippen LogP contribution in [0.2, 0.25) is 0 Å². The molecule has 16 heavy (non-hydrogen) atoms. The number of carbonyl (C=O) groups excluding carboxylic acids is 1. The van der Waals surface area contributed by atoms with Gasteiger partial charge in [0.05, 0.1) is 0 Å². The molecule has 2 aromatic heterocycles. The van der Waals surface area contributed by atoms with E-state index in [0.29, 0.717) is 16.8 Å². The van der Waals surface area contributed by atoms with E-state index < -0.39 is 0 Å². The highest BCUT2D eigenvalue weighted by Gasteiger charge is 2.16. The third kappa shape index (κ3) is 2.37. The zero-order valence-electron chi connectivity index (χ0n) is 8.58. The average Bonchev–Trinajstić information content (AvgIpc) is 2.91. The summed E-state index contributed by atoms with van der Waals surface area (Å²) in [5, 5.41) is 7.67. The van der Waals surface area contributed by atoms with Crippen LogP contribution in [0.4, 0.5) is 15.1 Å². The number of nitrogens with zero attached hydrogens (tertiary/aromatic N) is 3. The van der Waals surface area contributed by atoms with E-state index in [1.54, 1.807) is 17.3 Å². The number of nitrogens with one attached hydrogen (secondary N) is 1. The van der Waals surface area contributed by atoms with Gasteiger partial charge in [-0.05, 0) is 6.92 Å². The van der Waals surface area contributed by atoms with Gasteiger partial charge < -0.3 is 0 Å². The largest absolute Gasteiger partial charge is 0.329 e. The normalized spacial score (nSPS) is 10.1. The Morgan fingerprint density at radius 2 is 2.12 bits per heavy atom. The van der Waals surface area contributed by atoms with E-state index in [1.165, 1.54) is 22.7 Å². The van der Waals surface area contributed by atoms with E-state index in [9.17, 15) is 4.79 Å². The van der Waals surface area contributed by atoms with Crippen molar-refractivity contribution < 1.29 is 4.79 Å². The van der Waals surface area contributed by atoms with E-state index in [2.05, 4.69) is 15.3 Å². The molecule has 0 aliphatic heterocycles. The predicted octanol–water partition coefficient (Wildman–Crippen LogP) is 2.66. The zero-order valence-corrected chi connectivity index (χ0v) is 10.2. The molecule has 1 N–H and O–H groups in total. The molecule has 0 aliphatic carbocycles. The highest BCUT2D eigenvalue weighted by Crippen LogP contribution is 2.19. The molecular formula is C9H10N4OS2. The monoisotopic (exact) mass is 254 g/mol. The molecule has 5 nitrogen and oxygen atoms in total. The third-order valence-electron chi connectivity index (χ3n) is 1.86. The SMILES string of the molecule is CCN(C(=O)Nc1nccs1)c1nccs1. The molecule has 0 aromatic carbocycles.